The van der Waals surface area contributed by atoms with Gasteiger partial charge in [0, 0.05) is 12.1 Å². The minimum Gasteiger partial charge on any atom is -0.394 e. The maximum Gasteiger partial charge on any atom is 0.0631 e. The van der Waals surface area contributed by atoms with Gasteiger partial charge in [0.1, 0.15) is 0 Å². The van der Waals surface area contributed by atoms with Crippen molar-refractivity contribution in [2.45, 2.75) is 58.6 Å². The molecule has 0 saturated heterocycles. The minimum absolute atomic E-state index is 0.0348. The molecule has 1 aliphatic carbocycles. The first-order valence-corrected chi connectivity index (χ1v) is 6.71. The second-order valence-corrected chi connectivity index (χ2v) is 6.94. The molecule has 2 atom stereocenters. The molecule has 0 aliphatic heterocycles. The van der Waals surface area contributed by atoms with Crippen LogP contribution in [0.2, 0.25) is 0 Å². The van der Waals surface area contributed by atoms with Gasteiger partial charge in [-0.2, -0.15) is 0 Å². The molecule has 0 aromatic rings. The largest absolute Gasteiger partial charge is 0.394 e. The lowest BCUT2D eigenvalue weighted by atomic mass is 9.69. The number of aliphatic hydroxyl groups is 2. The molecule has 17 heavy (non-hydrogen) atoms. The third-order valence-corrected chi connectivity index (χ3v) is 4.57. The van der Waals surface area contributed by atoms with Gasteiger partial charge in [-0.1, -0.05) is 20.3 Å². The number of hydrogen-bond acceptors (Lipinski definition) is 3. The lowest BCUT2D eigenvalue weighted by Gasteiger charge is -2.44. The van der Waals surface area contributed by atoms with Crippen LogP contribution in [0.1, 0.15) is 47.0 Å². The number of rotatable bonds is 4. The molecule has 1 aliphatic rings. The Kier molecular flexibility index (Phi) is 4.61. The molecular formula is C14H29NO2. The normalized spacial score (nSPS) is 29.6. The summed E-state index contributed by atoms with van der Waals surface area (Å²) in [7, 11) is 2.03. The molecule has 0 bridgehead atoms. The second kappa shape index (κ2) is 5.25. The van der Waals surface area contributed by atoms with Crippen molar-refractivity contribution in [3.05, 3.63) is 0 Å². The van der Waals surface area contributed by atoms with Crippen molar-refractivity contribution in [2.24, 2.45) is 11.3 Å². The van der Waals surface area contributed by atoms with Gasteiger partial charge in [0.15, 0.2) is 0 Å². The maximum absolute atomic E-state index is 10.4. The van der Waals surface area contributed by atoms with Gasteiger partial charge >= 0.3 is 0 Å². The van der Waals surface area contributed by atoms with Crippen molar-refractivity contribution in [1.82, 2.24) is 4.90 Å². The van der Waals surface area contributed by atoms with Gasteiger partial charge in [-0.3, -0.25) is 4.90 Å². The molecule has 3 heteroatoms. The topological polar surface area (TPSA) is 43.7 Å². The van der Waals surface area contributed by atoms with Crippen LogP contribution in [0.4, 0.5) is 0 Å². The second-order valence-electron chi connectivity index (χ2n) is 6.94. The summed E-state index contributed by atoms with van der Waals surface area (Å²) in [5.74, 6) is 0.328. The number of aliphatic hydroxyl groups excluding tert-OH is 2. The maximum atomic E-state index is 10.4. The van der Waals surface area contributed by atoms with Crippen LogP contribution in [-0.2, 0) is 0 Å². The standard InChI is InChI=1S/C14H29NO2/c1-13(2)8-6-7-11(12(13)17)9-15(5)14(3,4)10-16/h11-12,16-17H,6-10H2,1-5H3. The van der Waals surface area contributed by atoms with E-state index in [4.69, 9.17) is 0 Å². The Hall–Kier alpha value is -0.120. The average molecular weight is 243 g/mol. The molecule has 0 heterocycles. The molecule has 0 radical (unpaired) electrons. The first-order chi connectivity index (χ1) is 7.70. The zero-order chi connectivity index (χ0) is 13.3. The summed E-state index contributed by atoms with van der Waals surface area (Å²) in [5, 5.41) is 19.8. The van der Waals surface area contributed by atoms with Gasteiger partial charge in [-0.25, -0.2) is 0 Å². The van der Waals surface area contributed by atoms with Crippen LogP contribution in [0.5, 0.6) is 0 Å². The van der Waals surface area contributed by atoms with Gasteiger partial charge in [-0.05, 0) is 45.1 Å². The Labute approximate surface area is 106 Å². The highest BCUT2D eigenvalue weighted by Crippen LogP contribution is 2.39. The zero-order valence-electron chi connectivity index (χ0n) is 12.0. The molecular weight excluding hydrogens is 214 g/mol. The smallest absolute Gasteiger partial charge is 0.0631 e. The van der Waals surface area contributed by atoms with Crippen molar-refractivity contribution >= 4 is 0 Å². The Morgan fingerprint density at radius 3 is 2.47 bits per heavy atom. The molecule has 1 fully saturated rings. The highest BCUT2D eigenvalue weighted by molar-refractivity contribution is 4.91. The van der Waals surface area contributed by atoms with Crippen molar-refractivity contribution < 1.29 is 10.2 Å². The Morgan fingerprint density at radius 2 is 1.94 bits per heavy atom. The van der Waals surface area contributed by atoms with E-state index in [1.54, 1.807) is 0 Å². The molecule has 0 aromatic heterocycles. The SMILES string of the molecule is CN(CC1CCCC(C)(C)C1O)C(C)(C)CO. The van der Waals surface area contributed by atoms with Crippen molar-refractivity contribution in [3.63, 3.8) is 0 Å². The molecule has 102 valence electrons. The van der Waals surface area contributed by atoms with Gasteiger partial charge in [0.25, 0.3) is 0 Å². The summed E-state index contributed by atoms with van der Waals surface area (Å²) in [5.41, 5.74) is -0.172. The van der Waals surface area contributed by atoms with E-state index in [1.165, 1.54) is 6.42 Å². The van der Waals surface area contributed by atoms with Gasteiger partial charge in [0.2, 0.25) is 0 Å². The number of likely N-dealkylation sites (N-methyl/N-ethyl adjacent to an activating group) is 1. The van der Waals surface area contributed by atoms with E-state index >= 15 is 0 Å². The lowest BCUT2D eigenvalue weighted by Crippen LogP contribution is -2.50. The first-order valence-electron chi connectivity index (χ1n) is 6.71. The van der Waals surface area contributed by atoms with Crippen LogP contribution in [0, 0.1) is 11.3 Å². The summed E-state index contributed by atoms with van der Waals surface area (Å²) < 4.78 is 0. The van der Waals surface area contributed by atoms with Crippen molar-refractivity contribution in [2.75, 3.05) is 20.2 Å². The van der Waals surface area contributed by atoms with Crippen LogP contribution >= 0.6 is 0 Å². The number of nitrogens with zero attached hydrogens (tertiary/aromatic N) is 1. The van der Waals surface area contributed by atoms with E-state index in [0.717, 1.165) is 19.4 Å². The summed E-state index contributed by atoms with van der Waals surface area (Å²) in [6, 6.07) is 0. The Balaban J connectivity index is 2.62. The van der Waals surface area contributed by atoms with E-state index in [-0.39, 0.29) is 23.7 Å². The minimum atomic E-state index is -0.229. The molecule has 2 N–H and O–H groups in total. The quantitative estimate of drug-likeness (QED) is 0.792. The molecule has 2 unspecified atom stereocenters. The van der Waals surface area contributed by atoms with Crippen LogP contribution in [0.3, 0.4) is 0 Å². The van der Waals surface area contributed by atoms with E-state index < -0.39 is 0 Å². The summed E-state index contributed by atoms with van der Waals surface area (Å²) in [6.07, 6.45) is 3.17. The van der Waals surface area contributed by atoms with Gasteiger partial charge < -0.3 is 10.2 Å². The molecule has 0 amide bonds. The highest BCUT2D eigenvalue weighted by Gasteiger charge is 2.39. The Bertz CT molecular complexity index is 251. The van der Waals surface area contributed by atoms with E-state index in [9.17, 15) is 10.2 Å². The monoisotopic (exact) mass is 243 g/mol. The molecule has 1 saturated carbocycles. The first kappa shape index (κ1) is 14.9. The van der Waals surface area contributed by atoms with E-state index in [2.05, 4.69) is 18.7 Å². The molecule has 1 rings (SSSR count). The fraction of sp³-hybridized carbons (Fsp3) is 1.00. The van der Waals surface area contributed by atoms with Crippen LogP contribution in [0.25, 0.3) is 0 Å². The van der Waals surface area contributed by atoms with E-state index in [1.807, 2.05) is 20.9 Å². The fourth-order valence-electron chi connectivity index (χ4n) is 2.67. The highest BCUT2D eigenvalue weighted by atomic mass is 16.3. The Morgan fingerprint density at radius 1 is 1.35 bits per heavy atom. The summed E-state index contributed by atoms with van der Waals surface area (Å²) in [4.78, 5) is 2.17. The van der Waals surface area contributed by atoms with Crippen molar-refractivity contribution in [1.29, 1.82) is 0 Å². The zero-order valence-corrected chi connectivity index (χ0v) is 12.0. The van der Waals surface area contributed by atoms with Crippen LogP contribution in [0.15, 0.2) is 0 Å². The predicted molar refractivity (Wildman–Crippen MR) is 70.9 cm³/mol. The third-order valence-electron chi connectivity index (χ3n) is 4.57. The summed E-state index contributed by atoms with van der Waals surface area (Å²) in [6.45, 7) is 9.39. The van der Waals surface area contributed by atoms with Gasteiger partial charge in [0.05, 0.1) is 12.7 Å². The lowest BCUT2D eigenvalue weighted by molar-refractivity contribution is -0.0530. The van der Waals surface area contributed by atoms with Gasteiger partial charge in [-0.15, -0.1) is 0 Å². The molecule has 3 nitrogen and oxygen atoms in total. The predicted octanol–water partition coefficient (Wildman–Crippen LogP) is 1.88. The van der Waals surface area contributed by atoms with Crippen LogP contribution in [-0.4, -0.2) is 47.0 Å². The summed E-state index contributed by atoms with van der Waals surface area (Å²) >= 11 is 0. The van der Waals surface area contributed by atoms with Crippen LogP contribution < -0.4 is 0 Å². The average Bonchev–Trinajstić information content (AvgIpc) is 2.24. The fourth-order valence-corrected chi connectivity index (χ4v) is 2.67. The van der Waals surface area contributed by atoms with Crippen molar-refractivity contribution in [3.8, 4) is 0 Å². The molecule has 0 spiro atoms. The third kappa shape index (κ3) is 3.43. The number of hydrogen-bond donors (Lipinski definition) is 2. The molecule has 0 aromatic carbocycles. The van der Waals surface area contributed by atoms with E-state index in [0.29, 0.717) is 5.92 Å².